The molecule has 1 aromatic rings. The fourth-order valence-corrected chi connectivity index (χ4v) is 3.55. The molecule has 0 spiro atoms. The van der Waals surface area contributed by atoms with Crippen LogP contribution in [0.4, 0.5) is 5.69 Å². The summed E-state index contributed by atoms with van der Waals surface area (Å²) in [6.07, 6.45) is 3.30. The molecule has 3 rings (SSSR count). The van der Waals surface area contributed by atoms with Crippen LogP contribution in [0.15, 0.2) is 18.2 Å². The van der Waals surface area contributed by atoms with Crippen molar-refractivity contribution >= 4 is 35.1 Å². The molecule has 0 radical (unpaired) electrons. The van der Waals surface area contributed by atoms with Gasteiger partial charge in [-0.15, -0.1) is 0 Å². The monoisotopic (exact) mass is 350 g/mol. The lowest BCUT2D eigenvalue weighted by Gasteiger charge is -2.33. The summed E-state index contributed by atoms with van der Waals surface area (Å²) in [5.41, 5.74) is 0.885. The molecule has 2 fully saturated rings. The molecule has 1 aromatic carbocycles. The van der Waals surface area contributed by atoms with Gasteiger partial charge in [0.1, 0.15) is 6.04 Å². The van der Waals surface area contributed by atoms with Gasteiger partial charge in [0.05, 0.1) is 10.6 Å². The highest BCUT2D eigenvalue weighted by atomic mass is 35.5. The largest absolute Gasteiger partial charge is 0.480 e. The highest BCUT2D eigenvalue weighted by molar-refractivity contribution is 6.34. The lowest BCUT2D eigenvalue weighted by Crippen LogP contribution is -2.48. The zero-order valence-corrected chi connectivity index (χ0v) is 14.0. The van der Waals surface area contributed by atoms with Crippen molar-refractivity contribution in [1.82, 2.24) is 4.90 Å². The van der Waals surface area contributed by atoms with Crippen molar-refractivity contribution in [3.05, 3.63) is 28.8 Å². The van der Waals surface area contributed by atoms with E-state index >= 15 is 0 Å². The minimum atomic E-state index is -0.995. The van der Waals surface area contributed by atoms with E-state index in [1.807, 2.05) is 0 Å². The Hall–Kier alpha value is -2.08. The normalized spacial score (nSPS) is 21.2. The average molecular weight is 351 g/mol. The molecule has 2 amide bonds. The van der Waals surface area contributed by atoms with Gasteiger partial charge < -0.3 is 14.9 Å². The average Bonchev–Trinajstić information content (AvgIpc) is 3.00. The molecule has 1 atom stereocenters. The number of piperidine rings is 1. The molecule has 0 aliphatic carbocycles. The summed E-state index contributed by atoms with van der Waals surface area (Å²) in [5, 5.41) is 9.62. The van der Waals surface area contributed by atoms with E-state index in [0.29, 0.717) is 31.6 Å². The van der Waals surface area contributed by atoms with E-state index in [2.05, 4.69) is 0 Å². The highest BCUT2D eigenvalue weighted by Gasteiger charge is 2.33. The van der Waals surface area contributed by atoms with Crippen LogP contribution in [0.25, 0.3) is 0 Å². The Balaban J connectivity index is 1.91. The second-order valence-electron chi connectivity index (χ2n) is 6.16. The fourth-order valence-electron chi connectivity index (χ4n) is 3.35. The predicted molar refractivity (Wildman–Crippen MR) is 89.4 cm³/mol. The molecule has 1 N–H and O–H groups in total. The molecule has 7 heteroatoms. The van der Waals surface area contributed by atoms with Crippen LogP contribution in [-0.4, -0.2) is 46.9 Å². The van der Waals surface area contributed by atoms with Crippen molar-refractivity contribution in [2.24, 2.45) is 0 Å². The number of amides is 2. The van der Waals surface area contributed by atoms with E-state index in [1.165, 1.54) is 4.90 Å². The molecule has 0 aromatic heterocycles. The predicted octanol–water partition coefficient (Wildman–Crippen LogP) is 2.55. The van der Waals surface area contributed by atoms with Crippen LogP contribution < -0.4 is 4.90 Å². The van der Waals surface area contributed by atoms with Crippen LogP contribution in [-0.2, 0) is 9.59 Å². The number of carbonyl (C=O) groups is 3. The first kappa shape index (κ1) is 16.8. The molecular formula is C17H19ClN2O4. The molecule has 24 heavy (non-hydrogen) atoms. The first-order chi connectivity index (χ1) is 11.5. The number of carboxylic acids is 1. The maximum absolute atomic E-state index is 12.9. The molecule has 2 aliphatic rings. The van der Waals surface area contributed by atoms with Crippen molar-refractivity contribution in [3.8, 4) is 0 Å². The lowest BCUT2D eigenvalue weighted by atomic mass is 10.0. The molecule has 2 aliphatic heterocycles. The van der Waals surface area contributed by atoms with Crippen LogP contribution in [0.2, 0.25) is 5.02 Å². The first-order valence-corrected chi connectivity index (χ1v) is 8.50. The van der Waals surface area contributed by atoms with Gasteiger partial charge in [-0.25, -0.2) is 4.79 Å². The Morgan fingerprint density at radius 2 is 1.96 bits per heavy atom. The molecular weight excluding hydrogens is 332 g/mol. The van der Waals surface area contributed by atoms with Crippen molar-refractivity contribution in [2.75, 3.05) is 18.0 Å². The summed E-state index contributed by atoms with van der Waals surface area (Å²) in [5.74, 6) is -1.36. The number of anilines is 1. The van der Waals surface area contributed by atoms with Crippen LogP contribution in [0.3, 0.4) is 0 Å². The second kappa shape index (κ2) is 6.81. The number of carboxylic acid groups (broad SMARTS) is 1. The van der Waals surface area contributed by atoms with Gasteiger partial charge in [-0.3, -0.25) is 9.59 Å². The maximum Gasteiger partial charge on any atom is 0.326 e. The quantitative estimate of drug-likeness (QED) is 0.908. The van der Waals surface area contributed by atoms with Gasteiger partial charge in [-0.2, -0.15) is 0 Å². The molecule has 1 unspecified atom stereocenters. The summed E-state index contributed by atoms with van der Waals surface area (Å²) in [7, 11) is 0. The Bertz CT molecular complexity index is 691. The number of carbonyl (C=O) groups excluding carboxylic acids is 2. The number of rotatable bonds is 3. The zero-order valence-electron chi connectivity index (χ0n) is 13.2. The summed E-state index contributed by atoms with van der Waals surface area (Å²) in [4.78, 5) is 39.2. The summed E-state index contributed by atoms with van der Waals surface area (Å²) >= 11 is 6.18. The molecule has 2 saturated heterocycles. The van der Waals surface area contributed by atoms with E-state index in [9.17, 15) is 19.5 Å². The van der Waals surface area contributed by atoms with E-state index in [-0.39, 0.29) is 22.4 Å². The highest BCUT2D eigenvalue weighted by Crippen LogP contribution is 2.29. The number of aliphatic carboxylic acids is 1. The Morgan fingerprint density at radius 3 is 2.62 bits per heavy atom. The van der Waals surface area contributed by atoms with Crippen LogP contribution in [0, 0.1) is 0 Å². The Kier molecular flexibility index (Phi) is 4.76. The summed E-state index contributed by atoms with van der Waals surface area (Å²) in [6, 6.07) is 4.09. The Morgan fingerprint density at radius 1 is 1.17 bits per heavy atom. The third kappa shape index (κ3) is 3.11. The van der Waals surface area contributed by atoms with E-state index < -0.39 is 12.0 Å². The van der Waals surface area contributed by atoms with Crippen molar-refractivity contribution < 1.29 is 19.5 Å². The van der Waals surface area contributed by atoms with Crippen LogP contribution in [0.5, 0.6) is 0 Å². The van der Waals surface area contributed by atoms with Gasteiger partial charge in [-0.1, -0.05) is 11.6 Å². The van der Waals surface area contributed by atoms with Gasteiger partial charge in [0.2, 0.25) is 5.91 Å². The minimum absolute atomic E-state index is 0.0251. The number of likely N-dealkylation sites (tertiary alicyclic amines) is 1. The van der Waals surface area contributed by atoms with Gasteiger partial charge in [0.15, 0.2) is 0 Å². The molecule has 128 valence electrons. The maximum atomic E-state index is 12.9. The van der Waals surface area contributed by atoms with Gasteiger partial charge in [0, 0.05) is 25.2 Å². The summed E-state index contributed by atoms with van der Waals surface area (Å²) < 4.78 is 0. The number of halogens is 1. The van der Waals surface area contributed by atoms with Crippen molar-refractivity contribution in [3.63, 3.8) is 0 Å². The van der Waals surface area contributed by atoms with Gasteiger partial charge >= 0.3 is 5.97 Å². The number of hydrogen-bond donors (Lipinski definition) is 1. The molecule has 0 bridgehead atoms. The Labute approximate surface area is 145 Å². The smallest absolute Gasteiger partial charge is 0.326 e. The number of hydrogen-bond acceptors (Lipinski definition) is 3. The van der Waals surface area contributed by atoms with Crippen molar-refractivity contribution in [1.29, 1.82) is 0 Å². The minimum Gasteiger partial charge on any atom is -0.480 e. The van der Waals surface area contributed by atoms with E-state index in [1.54, 1.807) is 23.1 Å². The van der Waals surface area contributed by atoms with Gasteiger partial charge in [-0.05, 0) is 43.9 Å². The van der Waals surface area contributed by atoms with Crippen LogP contribution in [0.1, 0.15) is 42.5 Å². The molecule has 6 nitrogen and oxygen atoms in total. The van der Waals surface area contributed by atoms with Crippen LogP contribution >= 0.6 is 11.6 Å². The third-order valence-corrected chi connectivity index (χ3v) is 4.94. The van der Waals surface area contributed by atoms with Crippen molar-refractivity contribution in [2.45, 2.75) is 38.1 Å². The first-order valence-electron chi connectivity index (χ1n) is 8.12. The number of benzene rings is 1. The molecule has 0 saturated carbocycles. The fraction of sp³-hybridized carbons (Fsp3) is 0.471. The SMILES string of the molecule is O=C(O)C1CCCCN1C(=O)c1cc(N2CCCC2=O)ccc1Cl. The lowest BCUT2D eigenvalue weighted by molar-refractivity contribution is -0.143. The topological polar surface area (TPSA) is 77.9 Å². The third-order valence-electron chi connectivity index (χ3n) is 4.61. The zero-order chi connectivity index (χ0) is 17.3. The van der Waals surface area contributed by atoms with E-state index in [4.69, 9.17) is 11.6 Å². The molecule has 2 heterocycles. The second-order valence-corrected chi connectivity index (χ2v) is 6.57. The van der Waals surface area contributed by atoms with E-state index in [0.717, 1.165) is 19.3 Å². The number of nitrogens with zero attached hydrogens (tertiary/aromatic N) is 2. The standard InChI is InChI=1S/C17H19ClN2O4/c18-13-7-6-11(19-9-3-5-15(19)21)10-12(13)16(22)20-8-2-1-4-14(20)17(23)24/h6-7,10,14H,1-5,8-9H2,(H,23,24). The summed E-state index contributed by atoms with van der Waals surface area (Å²) in [6.45, 7) is 1.02. The van der Waals surface area contributed by atoms with Gasteiger partial charge in [0.25, 0.3) is 5.91 Å².